The Labute approximate surface area is 140 Å². The highest BCUT2D eigenvalue weighted by Gasteiger charge is 2.15. The van der Waals surface area contributed by atoms with Crippen LogP contribution < -0.4 is 11.1 Å². The third kappa shape index (κ3) is 3.63. The molecular formula is C19H21FN2O2. The number of carbonyl (C=O) groups excluding carboxylic acids is 1. The molecule has 2 aromatic carbocycles. The maximum atomic E-state index is 13.6. The molecule has 0 fully saturated rings. The Kier molecular flexibility index (Phi) is 5.71. The summed E-state index contributed by atoms with van der Waals surface area (Å²) in [7, 11) is 1.88. The predicted molar refractivity (Wildman–Crippen MR) is 94.2 cm³/mol. The first-order valence-corrected chi connectivity index (χ1v) is 7.85. The van der Waals surface area contributed by atoms with Gasteiger partial charge in [-0.05, 0) is 30.8 Å². The summed E-state index contributed by atoms with van der Waals surface area (Å²) >= 11 is 0. The van der Waals surface area contributed by atoms with E-state index in [4.69, 9.17) is 10.2 Å². The van der Waals surface area contributed by atoms with Crippen LogP contribution in [0.25, 0.3) is 22.3 Å². The molecule has 3 rings (SSSR count). The molecule has 0 aliphatic carbocycles. The van der Waals surface area contributed by atoms with Gasteiger partial charge >= 0.3 is 0 Å². The van der Waals surface area contributed by atoms with Crippen LogP contribution in [0.15, 0.2) is 46.9 Å². The number of benzene rings is 2. The Bertz CT molecular complexity index is 838. The number of fused-ring (bicyclic) bond motifs is 1. The summed E-state index contributed by atoms with van der Waals surface area (Å²) in [6, 6.07) is 11.9. The molecule has 1 aromatic heterocycles. The fourth-order valence-electron chi connectivity index (χ4n) is 2.43. The maximum absolute atomic E-state index is 13.6. The van der Waals surface area contributed by atoms with Crippen molar-refractivity contribution in [3.63, 3.8) is 0 Å². The largest absolute Gasteiger partial charge is 0.455 e. The molecule has 0 atom stereocenters. The first kappa shape index (κ1) is 17.7. The summed E-state index contributed by atoms with van der Waals surface area (Å²) in [6.45, 7) is 4.78. The average Bonchev–Trinajstić information content (AvgIpc) is 3.00. The second kappa shape index (κ2) is 7.75. The Morgan fingerprint density at radius 3 is 2.42 bits per heavy atom. The van der Waals surface area contributed by atoms with Crippen molar-refractivity contribution in [1.82, 2.24) is 5.32 Å². The molecule has 0 bridgehead atoms. The van der Waals surface area contributed by atoms with E-state index in [1.165, 1.54) is 6.07 Å². The molecule has 0 radical (unpaired) electrons. The molecule has 4 nitrogen and oxygen atoms in total. The summed E-state index contributed by atoms with van der Waals surface area (Å²) in [6.07, 6.45) is 0. The molecule has 0 saturated carbocycles. The highest BCUT2D eigenvalue weighted by molar-refractivity contribution is 6.04. The number of hydrogen-bond acceptors (Lipinski definition) is 3. The normalized spacial score (nSPS) is 10.3. The molecular weight excluding hydrogens is 307 g/mol. The standard InChI is InChI=1S/C17H15FN2O2.C2H6/c1-20-9-10-2-4-11(5-3-10)15-7-12-6-13(18)8-14(17(19)21)16(12)22-15;1-2/h2-8,20H,9H2,1H3,(H2,19,21);1-2H3. The van der Waals surface area contributed by atoms with E-state index in [1.54, 1.807) is 6.07 Å². The topological polar surface area (TPSA) is 68.3 Å². The molecule has 126 valence electrons. The van der Waals surface area contributed by atoms with Gasteiger partial charge in [-0.15, -0.1) is 0 Å². The van der Waals surface area contributed by atoms with Gasteiger partial charge in [-0.3, -0.25) is 4.79 Å². The van der Waals surface area contributed by atoms with Crippen molar-refractivity contribution in [2.75, 3.05) is 7.05 Å². The molecule has 1 heterocycles. The summed E-state index contributed by atoms with van der Waals surface area (Å²) < 4.78 is 19.3. The molecule has 0 aliphatic heterocycles. The Morgan fingerprint density at radius 2 is 1.83 bits per heavy atom. The number of carbonyl (C=O) groups is 1. The lowest BCUT2D eigenvalue weighted by Crippen LogP contribution is -2.11. The summed E-state index contributed by atoms with van der Waals surface area (Å²) in [4.78, 5) is 11.4. The molecule has 0 aliphatic rings. The monoisotopic (exact) mass is 328 g/mol. The number of primary amides is 1. The van der Waals surface area contributed by atoms with Gasteiger partial charge in [-0.25, -0.2) is 4.39 Å². The van der Waals surface area contributed by atoms with Crippen molar-refractivity contribution in [3.8, 4) is 11.3 Å². The zero-order valence-electron chi connectivity index (χ0n) is 14.0. The van der Waals surface area contributed by atoms with Crippen LogP contribution >= 0.6 is 0 Å². The van der Waals surface area contributed by atoms with Crippen LogP contribution in [0, 0.1) is 5.82 Å². The van der Waals surface area contributed by atoms with E-state index in [0.717, 1.165) is 23.7 Å². The van der Waals surface area contributed by atoms with Crippen molar-refractivity contribution < 1.29 is 13.6 Å². The third-order valence-electron chi connectivity index (χ3n) is 3.47. The van der Waals surface area contributed by atoms with E-state index < -0.39 is 11.7 Å². The Morgan fingerprint density at radius 1 is 1.17 bits per heavy atom. The van der Waals surface area contributed by atoms with Gasteiger partial charge in [0.25, 0.3) is 5.91 Å². The van der Waals surface area contributed by atoms with Crippen LogP contribution in [0.3, 0.4) is 0 Å². The van der Waals surface area contributed by atoms with Crippen LogP contribution in [-0.4, -0.2) is 13.0 Å². The molecule has 0 saturated heterocycles. The Balaban J connectivity index is 0.00000100. The molecule has 3 aromatic rings. The lowest BCUT2D eigenvalue weighted by molar-refractivity contribution is 0.100. The number of nitrogens with two attached hydrogens (primary N) is 1. The number of furan rings is 1. The lowest BCUT2D eigenvalue weighted by atomic mass is 10.1. The number of rotatable bonds is 4. The molecule has 5 heteroatoms. The second-order valence-electron chi connectivity index (χ2n) is 5.07. The number of amides is 1. The maximum Gasteiger partial charge on any atom is 0.252 e. The average molecular weight is 328 g/mol. The minimum Gasteiger partial charge on any atom is -0.455 e. The molecule has 3 N–H and O–H groups in total. The molecule has 0 unspecified atom stereocenters. The van der Waals surface area contributed by atoms with Crippen LogP contribution in [-0.2, 0) is 6.54 Å². The van der Waals surface area contributed by atoms with Crippen LogP contribution in [0.5, 0.6) is 0 Å². The second-order valence-corrected chi connectivity index (χ2v) is 5.07. The van der Waals surface area contributed by atoms with E-state index in [0.29, 0.717) is 16.7 Å². The summed E-state index contributed by atoms with van der Waals surface area (Å²) in [5, 5.41) is 3.59. The van der Waals surface area contributed by atoms with Crippen LogP contribution in [0.2, 0.25) is 0 Å². The van der Waals surface area contributed by atoms with E-state index in [2.05, 4.69) is 5.32 Å². The van der Waals surface area contributed by atoms with Crippen molar-refractivity contribution >= 4 is 16.9 Å². The van der Waals surface area contributed by atoms with E-state index in [-0.39, 0.29) is 5.56 Å². The fourth-order valence-corrected chi connectivity index (χ4v) is 2.43. The van der Waals surface area contributed by atoms with Crippen LogP contribution in [0.1, 0.15) is 29.8 Å². The van der Waals surface area contributed by atoms with Gasteiger partial charge in [-0.1, -0.05) is 38.1 Å². The van der Waals surface area contributed by atoms with E-state index in [1.807, 2.05) is 45.2 Å². The first-order chi connectivity index (χ1) is 11.6. The minimum absolute atomic E-state index is 0.0491. The van der Waals surface area contributed by atoms with Gasteiger partial charge < -0.3 is 15.5 Å². The van der Waals surface area contributed by atoms with Gasteiger partial charge in [0.15, 0.2) is 0 Å². The first-order valence-electron chi connectivity index (χ1n) is 7.85. The van der Waals surface area contributed by atoms with Crippen LogP contribution in [0.4, 0.5) is 4.39 Å². The van der Waals surface area contributed by atoms with Crippen molar-refractivity contribution in [3.05, 3.63) is 59.4 Å². The highest BCUT2D eigenvalue weighted by atomic mass is 19.1. The number of hydrogen-bond donors (Lipinski definition) is 2. The van der Waals surface area contributed by atoms with Gasteiger partial charge in [-0.2, -0.15) is 0 Å². The van der Waals surface area contributed by atoms with Gasteiger partial charge in [0, 0.05) is 17.5 Å². The van der Waals surface area contributed by atoms with Crippen molar-refractivity contribution in [1.29, 1.82) is 0 Å². The fraction of sp³-hybridized carbons (Fsp3) is 0.211. The molecule has 1 amide bonds. The highest BCUT2D eigenvalue weighted by Crippen LogP contribution is 2.30. The predicted octanol–water partition coefficient (Wildman–Crippen LogP) is 4.08. The quantitative estimate of drug-likeness (QED) is 0.758. The van der Waals surface area contributed by atoms with Gasteiger partial charge in [0.05, 0.1) is 5.56 Å². The van der Waals surface area contributed by atoms with E-state index in [9.17, 15) is 9.18 Å². The summed E-state index contributed by atoms with van der Waals surface area (Å²) in [5.74, 6) is -0.660. The zero-order chi connectivity index (χ0) is 17.7. The zero-order valence-corrected chi connectivity index (χ0v) is 14.0. The molecule has 0 spiro atoms. The molecule has 24 heavy (non-hydrogen) atoms. The van der Waals surface area contributed by atoms with E-state index >= 15 is 0 Å². The van der Waals surface area contributed by atoms with Gasteiger partial charge in [0.2, 0.25) is 0 Å². The number of halogens is 1. The lowest BCUT2D eigenvalue weighted by Gasteiger charge is -2.01. The number of nitrogens with one attached hydrogen (secondary N) is 1. The summed E-state index contributed by atoms with van der Waals surface area (Å²) in [5.41, 5.74) is 7.63. The van der Waals surface area contributed by atoms with Gasteiger partial charge in [0.1, 0.15) is 17.2 Å². The Hall–Kier alpha value is -2.66. The smallest absolute Gasteiger partial charge is 0.252 e. The third-order valence-corrected chi connectivity index (χ3v) is 3.47. The minimum atomic E-state index is -0.713. The SMILES string of the molecule is CC.CNCc1ccc(-c2cc3cc(F)cc(C(N)=O)c3o2)cc1. The van der Waals surface area contributed by atoms with Crippen molar-refractivity contribution in [2.24, 2.45) is 5.73 Å². The van der Waals surface area contributed by atoms with Crippen molar-refractivity contribution in [2.45, 2.75) is 20.4 Å².